The van der Waals surface area contributed by atoms with Crippen LogP contribution >= 0.6 is 23.2 Å². The summed E-state index contributed by atoms with van der Waals surface area (Å²) in [5.41, 5.74) is 8.87. The maximum absolute atomic E-state index is 11.6. The Morgan fingerprint density at radius 3 is 2.54 bits per heavy atom. The lowest BCUT2D eigenvalue weighted by Gasteiger charge is -2.21. The molecule has 7 rings (SSSR count). The van der Waals surface area contributed by atoms with Crippen molar-refractivity contribution in [3.05, 3.63) is 93.0 Å². The van der Waals surface area contributed by atoms with Crippen LogP contribution in [-0.2, 0) is 29.0 Å². The maximum atomic E-state index is 11.6. The molecule has 272 valence electrons. The van der Waals surface area contributed by atoms with Crippen molar-refractivity contribution in [3.8, 4) is 34.0 Å². The number of nitrogens with one attached hydrogen (secondary N) is 2. The highest BCUT2D eigenvalue weighted by atomic mass is 35.5. The van der Waals surface area contributed by atoms with Gasteiger partial charge in [0.2, 0.25) is 11.8 Å². The predicted octanol–water partition coefficient (Wildman–Crippen LogP) is 8.35. The number of aromatic nitrogens is 1. The number of hydrogen-bond acceptors (Lipinski definition) is 7. The Balaban J connectivity index is 1.08. The van der Waals surface area contributed by atoms with Gasteiger partial charge in [-0.3, -0.25) is 14.5 Å². The summed E-state index contributed by atoms with van der Waals surface area (Å²) in [6.07, 6.45) is 6.63. The van der Waals surface area contributed by atoms with E-state index in [0.29, 0.717) is 41.9 Å². The van der Waals surface area contributed by atoms with Crippen LogP contribution in [0.5, 0.6) is 11.6 Å². The first-order chi connectivity index (χ1) is 25.2. The minimum atomic E-state index is -0.745. The molecule has 1 aromatic heterocycles. The van der Waals surface area contributed by atoms with Crippen LogP contribution in [0, 0.1) is 5.92 Å². The molecule has 1 aliphatic carbocycles. The largest absolute Gasteiger partial charge is 0.496 e. The number of nitrogens with zero attached hydrogens (tertiary/aromatic N) is 2. The molecule has 4 aromatic rings. The number of pyridine rings is 1. The van der Waals surface area contributed by atoms with Crippen molar-refractivity contribution in [2.75, 3.05) is 32.6 Å². The molecular weight excluding hydrogens is 699 g/mol. The summed E-state index contributed by atoms with van der Waals surface area (Å²) < 4.78 is 11.5. The van der Waals surface area contributed by atoms with Gasteiger partial charge >= 0.3 is 5.97 Å². The number of aliphatic carboxylic acids is 1. The van der Waals surface area contributed by atoms with Crippen molar-refractivity contribution in [1.29, 1.82) is 0 Å². The van der Waals surface area contributed by atoms with Crippen molar-refractivity contribution < 1.29 is 24.2 Å². The molecule has 2 saturated heterocycles. The highest BCUT2D eigenvalue weighted by Crippen LogP contribution is 2.45. The SMILES string of the molecule is COc1cc(N[C@H]2CCc3c(-c4cccc(-c5ccc(CCC[C@@H]6CCC(=O)N6)c(OC)n5)c4Cl)cccc32)c(Cl)cc1CN1CC[C@H](C(=O)O)C1. The van der Waals surface area contributed by atoms with E-state index in [9.17, 15) is 14.7 Å². The van der Waals surface area contributed by atoms with Gasteiger partial charge in [-0.1, -0.05) is 65.7 Å². The van der Waals surface area contributed by atoms with E-state index in [0.717, 1.165) is 90.0 Å². The number of carbonyl (C=O) groups excluding carboxylic acids is 1. The molecule has 3 atom stereocenters. The van der Waals surface area contributed by atoms with Gasteiger partial charge in [0.05, 0.1) is 47.6 Å². The average Bonchev–Trinajstić information content (AvgIpc) is 3.90. The number of amides is 1. The van der Waals surface area contributed by atoms with Crippen LogP contribution in [0.15, 0.2) is 60.7 Å². The molecule has 9 nitrogen and oxygen atoms in total. The molecule has 3 aromatic carbocycles. The Labute approximate surface area is 314 Å². The van der Waals surface area contributed by atoms with E-state index in [2.05, 4.69) is 45.9 Å². The van der Waals surface area contributed by atoms with Gasteiger partial charge < -0.3 is 25.2 Å². The fourth-order valence-corrected chi connectivity index (χ4v) is 8.60. The van der Waals surface area contributed by atoms with E-state index in [4.69, 9.17) is 37.7 Å². The quantitative estimate of drug-likeness (QED) is 0.125. The molecular formula is C41H44Cl2N4O5. The molecule has 2 fully saturated rings. The smallest absolute Gasteiger partial charge is 0.307 e. The van der Waals surface area contributed by atoms with Crippen molar-refractivity contribution in [3.63, 3.8) is 0 Å². The molecule has 3 heterocycles. The molecule has 52 heavy (non-hydrogen) atoms. The van der Waals surface area contributed by atoms with Crippen LogP contribution in [0.1, 0.15) is 66.8 Å². The summed E-state index contributed by atoms with van der Waals surface area (Å²) in [4.78, 5) is 30.0. The molecule has 0 bridgehead atoms. The Hall–Kier alpha value is -4.31. The van der Waals surface area contributed by atoms with Gasteiger partial charge in [-0.05, 0) is 80.3 Å². The third-order valence-corrected chi connectivity index (χ3v) is 11.5. The summed E-state index contributed by atoms with van der Waals surface area (Å²) in [5, 5.41) is 17.4. The number of carboxylic acids is 1. The topological polar surface area (TPSA) is 113 Å². The van der Waals surface area contributed by atoms with E-state index < -0.39 is 5.97 Å². The number of carboxylic acid groups (broad SMARTS) is 1. The van der Waals surface area contributed by atoms with Gasteiger partial charge in [0.25, 0.3) is 0 Å². The van der Waals surface area contributed by atoms with E-state index in [1.165, 1.54) is 11.1 Å². The monoisotopic (exact) mass is 742 g/mol. The second-order valence-corrected chi connectivity index (χ2v) is 14.8. The Morgan fingerprint density at radius 2 is 1.79 bits per heavy atom. The minimum absolute atomic E-state index is 0.0447. The normalized spacial score (nSPS) is 19.8. The zero-order chi connectivity index (χ0) is 36.4. The van der Waals surface area contributed by atoms with Crippen molar-refractivity contribution >= 4 is 40.8 Å². The number of fused-ring (bicyclic) bond motifs is 1. The van der Waals surface area contributed by atoms with Crippen LogP contribution in [0.25, 0.3) is 22.4 Å². The summed E-state index contributed by atoms with van der Waals surface area (Å²) >= 11 is 14.1. The summed E-state index contributed by atoms with van der Waals surface area (Å²) in [5.74, 6) is 0.374. The van der Waals surface area contributed by atoms with Crippen LogP contribution in [-0.4, -0.2) is 60.2 Å². The van der Waals surface area contributed by atoms with E-state index in [-0.39, 0.29) is 23.9 Å². The maximum Gasteiger partial charge on any atom is 0.307 e. The second kappa shape index (κ2) is 15.7. The number of methoxy groups -OCH3 is 2. The summed E-state index contributed by atoms with van der Waals surface area (Å²) in [7, 11) is 3.29. The number of aryl methyl sites for hydroxylation is 1. The van der Waals surface area contributed by atoms with Gasteiger partial charge in [-0.2, -0.15) is 0 Å². The molecule has 3 N–H and O–H groups in total. The standard InChI is InChI=1S/C41H44Cl2N4O5/c1-51-37-21-36(33(42)20-26(37)23-47-19-18-25(22-47)41(49)50)45-34-16-14-29-28(8-4-9-30(29)34)31-10-5-11-32(39(31)43)35-15-12-24(40(46-35)52-2)6-3-7-27-13-17-38(48)44-27/h4-5,8-12,15,20-21,25,27,34,45H,3,6-7,13-14,16-19,22-23H2,1-2H3,(H,44,48)(H,49,50)/t25-,27+,34-/m0/s1. The summed E-state index contributed by atoms with van der Waals surface area (Å²) in [6.45, 7) is 1.83. The molecule has 11 heteroatoms. The van der Waals surface area contributed by atoms with Gasteiger partial charge in [0.15, 0.2) is 0 Å². The molecule has 0 radical (unpaired) electrons. The zero-order valence-electron chi connectivity index (χ0n) is 29.5. The number of carbonyl (C=O) groups is 2. The molecule has 0 spiro atoms. The first-order valence-corrected chi connectivity index (χ1v) is 18.8. The van der Waals surface area contributed by atoms with Crippen LogP contribution in [0.4, 0.5) is 5.69 Å². The molecule has 0 saturated carbocycles. The fourth-order valence-electron chi connectivity index (χ4n) is 8.04. The lowest BCUT2D eigenvalue weighted by atomic mass is 9.94. The number of halogens is 2. The third-order valence-electron chi connectivity index (χ3n) is 10.8. The Bertz CT molecular complexity index is 1990. The highest BCUT2D eigenvalue weighted by Gasteiger charge is 2.30. The number of benzene rings is 3. The molecule has 2 aliphatic heterocycles. The molecule has 0 unspecified atom stereocenters. The van der Waals surface area contributed by atoms with Crippen molar-refractivity contribution in [2.45, 2.75) is 70.0 Å². The predicted molar refractivity (Wildman–Crippen MR) is 204 cm³/mol. The number of rotatable bonds is 13. The molecule has 3 aliphatic rings. The number of ether oxygens (including phenoxy) is 2. The highest BCUT2D eigenvalue weighted by molar-refractivity contribution is 6.36. The lowest BCUT2D eigenvalue weighted by molar-refractivity contribution is -0.141. The Morgan fingerprint density at radius 1 is 0.981 bits per heavy atom. The van der Waals surface area contributed by atoms with E-state index in [1.807, 2.05) is 30.3 Å². The first-order valence-electron chi connectivity index (χ1n) is 18.0. The number of likely N-dealkylation sites (tertiary alicyclic amines) is 1. The third kappa shape index (κ3) is 7.58. The second-order valence-electron chi connectivity index (χ2n) is 14.0. The number of anilines is 1. The lowest BCUT2D eigenvalue weighted by Crippen LogP contribution is -2.25. The van der Waals surface area contributed by atoms with Crippen LogP contribution in [0.3, 0.4) is 0 Å². The molecule has 1 amide bonds. The average molecular weight is 744 g/mol. The Kier molecular flexibility index (Phi) is 10.9. The zero-order valence-corrected chi connectivity index (χ0v) is 31.0. The van der Waals surface area contributed by atoms with Crippen LogP contribution in [0.2, 0.25) is 10.0 Å². The number of hydrogen-bond donors (Lipinski definition) is 3. The van der Waals surface area contributed by atoms with E-state index in [1.54, 1.807) is 14.2 Å². The van der Waals surface area contributed by atoms with Crippen LogP contribution < -0.4 is 20.1 Å². The van der Waals surface area contributed by atoms with Crippen molar-refractivity contribution in [1.82, 2.24) is 15.2 Å². The summed E-state index contributed by atoms with van der Waals surface area (Å²) in [6, 6.07) is 20.7. The van der Waals surface area contributed by atoms with Gasteiger partial charge in [-0.25, -0.2) is 4.98 Å². The van der Waals surface area contributed by atoms with Gasteiger partial charge in [0, 0.05) is 53.9 Å². The van der Waals surface area contributed by atoms with E-state index >= 15 is 0 Å². The van der Waals surface area contributed by atoms with Gasteiger partial charge in [-0.15, -0.1) is 0 Å². The fraction of sp³-hybridized carbons (Fsp3) is 0.390. The van der Waals surface area contributed by atoms with Crippen molar-refractivity contribution in [2.24, 2.45) is 5.92 Å². The first kappa shape index (κ1) is 36.1. The minimum Gasteiger partial charge on any atom is -0.496 e. The van der Waals surface area contributed by atoms with Gasteiger partial charge in [0.1, 0.15) is 5.75 Å².